The van der Waals surface area contributed by atoms with Gasteiger partial charge in [-0.05, 0) is 57.8 Å². The molecular weight excluding hydrogens is 937 g/mol. The lowest BCUT2D eigenvalue weighted by Crippen LogP contribution is -2.30. The normalized spacial score (nSPS) is 12.3. The summed E-state index contributed by atoms with van der Waals surface area (Å²) in [5.74, 6) is -0.845. The van der Waals surface area contributed by atoms with Gasteiger partial charge in [0.15, 0.2) is 6.10 Å². The van der Waals surface area contributed by atoms with Gasteiger partial charge in [0.05, 0.1) is 0 Å². The van der Waals surface area contributed by atoms with Gasteiger partial charge in [-0.25, -0.2) is 0 Å². The number of unbranched alkanes of at least 4 members (excludes halogenated alkanes) is 43. The van der Waals surface area contributed by atoms with E-state index < -0.39 is 6.10 Å². The summed E-state index contributed by atoms with van der Waals surface area (Å²) in [5, 5.41) is 0. The van der Waals surface area contributed by atoms with E-state index in [1.807, 2.05) is 0 Å². The molecule has 0 aliphatic heterocycles. The predicted molar refractivity (Wildman–Crippen MR) is 330 cm³/mol. The molecule has 0 heterocycles. The zero-order valence-electron chi connectivity index (χ0n) is 51.0. The first-order valence-electron chi connectivity index (χ1n) is 33.6. The molecule has 0 N–H and O–H groups in total. The van der Waals surface area contributed by atoms with Crippen molar-refractivity contribution in [3.63, 3.8) is 0 Å². The lowest BCUT2D eigenvalue weighted by atomic mass is 10.0. The molecule has 0 spiro atoms. The molecule has 0 aliphatic rings. The summed E-state index contributed by atoms with van der Waals surface area (Å²) in [6.45, 7) is 6.58. The fraction of sp³-hybridized carbons (Fsp3) is 0.843. The molecule has 0 aliphatic carbocycles. The summed E-state index contributed by atoms with van der Waals surface area (Å²) in [5.41, 5.74) is 0. The van der Waals surface area contributed by atoms with E-state index in [2.05, 4.69) is 69.4 Å². The molecule has 1 atom stereocenters. The largest absolute Gasteiger partial charge is 0.462 e. The van der Waals surface area contributed by atoms with E-state index in [0.717, 1.165) is 83.5 Å². The van der Waals surface area contributed by atoms with Crippen LogP contribution < -0.4 is 0 Å². The maximum Gasteiger partial charge on any atom is 0.306 e. The van der Waals surface area contributed by atoms with Gasteiger partial charge in [-0.15, -0.1) is 0 Å². The van der Waals surface area contributed by atoms with Gasteiger partial charge in [-0.1, -0.05) is 333 Å². The number of rotatable bonds is 62. The molecule has 0 bridgehead atoms. The van der Waals surface area contributed by atoms with Crippen LogP contribution in [0.1, 0.15) is 361 Å². The summed E-state index contributed by atoms with van der Waals surface area (Å²) in [4.78, 5) is 38.3. The lowest BCUT2D eigenvalue weighted by molar-refractivity contribution is -0.167. The number of ether oxygens (including phenoxy) is 3. The molecule has 76 heavy (non-hydrogen) atoms. The van der Waals surface area contributed by atoms with Gasteiger partial charge < -0.3 is 14.2 Å². The van der Waals surface area contributed by atoms with E-state index in [0.29, 0.717) is 19.3 Å². The van der Waals surface area contributed by atoms with Gasteiger partial charge in [0.2, 0.25) is 0 Å². The van der Waals surface area contributed by atoms with Crippen molar-refractivity contribution < 1.29 is 28.6 Å². The molecule has 0 saturated carbocycles. The van der Waals surface area contributed by atoms with Crippen LogP contribution in [-0.2, 0) is 28.6 Å². The monoisotopic (exact) mass is 1060 g/mol. The average Bonchev–Trinajstić information content (AvgIpc) is 3.42. The van der Waals surface area contributed by atoms with Crippen LogP contribution in [-0.4, -0.2) is 37.2 Å². The van der Waals surface area contributed by atoms with Crippen molar-refractivity contribution in [2.24, 2.45) is 0 Å². The first kappa shape index (κ1) is 73.4. The third-order valence-corrected chi connectivity index (χ3v) is 15.1. The molecule has 444 valence electrons. The van der Waals surface area contributed by atoms with E-state index in [1.165, 1.54) is 238 Å². The predicted octanol–water partition coefficient (Wildman–Crippen LogP) is 22.9. The van der Waals surface area contributed by atoms with E-state index in [1.54, 1.807) is 0 Å². The summed E-state index contributed by atoms with van der Waals surface area (Å²) >= 11 is 0. The maximum absolute atomic E-state index is 12.9. The first-order valence-corrected chi connectivity index (χ1v) is 33.6. The van der Waals surface area contributed by atoms with Crippen molar-refractivity contribution in [1.29, 1.82) is 0 Å². The van der Waals surface area contributed by atoms with Crippen LogP contribution in [0.15, 0.2) is 48.6 Å². The number of hydrogen-bond donors (Lipinski definition) is 0. The molecule has 0 amide bonds. The SMILES string of the molecule is CC/C=C\C/C=C\C/C=C\C/C=C\CCCCCCCCCCCCCCC(=O)OCC(COC(=O)CCCCCCCCCCCCC)OC(=O)CCCCCCCCCCCCCCCCCCCCCCCC. The minimum atomic E-state index is -0.770. The number of hydrogen-bond acceptors (Lipinski definition) is 6. The minimum absolute atomic E-state index is 0.0675. The molecule has 0 aromatic heterocycles. The van der Waals surface area contributed by atoms with Crippen molar-refractivity contribution >= 4 is 17.9 Å². The van der Waals surface area contributed by atoms with Gasteiger partial charge in [0.1, 0.15) is 13.2 Å². The maximum atomic E-state index is 12.9. The Labute approximate surface area is 473 Å². The van der Waals surface area contributed by atoms with E-state index >= 15 is 0 Å². The second-order valence-corrected chi connectivity index (χ2v) is 22.7. The molecular formula is C70H128O6. The van der Waals surface area contributed by atoms with Crippen molar-refractivity contribution in [1.82, 2.24) is 0 Å². The van der Waals surface area contributed by atoms with Gasteiger partial charge in [0, 0.05) is 19.3 Å². The smallest absolute Gasteiger partial charge is 0.306 e. The topological polar surface area (TPSA) is 78.9 Å². The Morgan fingerprint density at radius 1 is 0.276 bits per heavy atom. The third kappa shape index (κ3) is 62.2. The molecule has 0 radical (unpaired) electrons. The van der Waals surface area contributed by atoms with Crippen LogP contribution in [0, 0.1) is 0 Å². The Balaban J connectivity index is 4.21. The Morgan fingerprint density at radius 3 is 0.803 bits per heavy atom. The lowest BCUT2D eigenvalue weighted by Gasteiger charge is -2.18. The summed E-state index contributed by atoms with van der Waals surface area (Å²) in [6.07, 6.45) is 81.3. The van der Waals surface area contributed by atoms with E-state index in [9.17, 15) is 14.4 Å². The van der Waals surface area contributed by atoms with Crippen LogP contribution in [0.2, 0.25) is 0 Å². The van der Waals surface area contributed by atoms with Crippen molar-refractivity contribution in [3.8, 4) is 0 Å². The van der Waals surface area contributed by atoms with Gasteiger partial charge in [-0.2, -0.15) is 0 Å². The average molecular weight is 1070 g/mol. The fourth-order valence-electron chi connectivity index (χ4n) is 10.1. The highest BCUT2D eigenvalue weighted by Crippen LogP contribution is 2.18. The zero-order valence-corrected chi connectivity index (χ0v) is 51.0. The first-order chi connectivity index (χ1) is 37.5. The van der Waals surface area contributed by atoms with Crippen LogP contribution in [0.4, 0.5) is 0 Å². The molecule has 6 nitrogen and oxygen atoms in total. The number of carbonyl (C=O) groups excluding carboxylic acids is 3. The van der Waals surface area contributed by atoms with Crippen molar-refractivity contribution in [2.45, 2.75) is 367 Å². The second-order valence-electron chi connectivity index (χ2n) is 22.7. The highest BCUT2D eigenvalue weighted by Gasteiger charge is 2.19. The van der Waals surface area contributed by atoms with Gasteiger partial charge >= 0.3 is 17.9 Å². The third-order valence-electron chi connectivity index (χ3n) is 15.1. The number of carbonyl (C=O) groups is 3. The summed E-state index contributed by atoms with van der Waals surface area (Å²) in [6, 6.07) is 0. The standard InChI is InChI=1S/C70H128O6/c1-4-7-10-13-16-19-22-24-26-28-30-32-34-35-36-38-39-41-43-45-48-51-54-57-60-63-69(72)75-66-67(65-74-68(71)62-59-56-53-50-47-21-18-15-12-9-6-3)76-70(73)64-61-58-55-52-49-46-44-42-40-37-33-31-29-27-25-23-20-17-14-11-8-5-2/h7,10,16,19,24,26,30,32,67H,4-6,8-9,11-15,17-18,20-23,25,27-29,31,33-66H2,1-3H3/b10-7-,19-16-,26-24-,32-30-. The molecule has 0 rings (SSSR count). The quantitative estimate of drug-likeness (QED) is 0.0261. The molecule has 0 fully saturated rings. The van der Waals surface area contributed by atoms with E-state index in [4.69, 9.17) is 14.2 Å². The van der Waals surface area contributed by atoms with Crippen molar-refractivity contribution in [3.05, 3.63) is 48.6 Å². The molecule has 0 aromatic carbocycles. The number of allylic oxidation sites excluding steroid dienone is 8. The molecule has 1 unspecified atom stereocenters. The molecule has 0 saturated heterocycles. The van der Waals surface area contributed by atoms with Crippen LogP contribution in [0.3, 0.4) is 0 Å². The number of esters is 3. The zero-order chi connectivity index (χ0) is 55.0. The molecule has 0 aromatic rings. The Hall–Kier alpha value is -2.63. The minimum Gasteiger partial charge on any atom is -0.462 e. The van der Waals surface area contributed by atoms with Crippen LogP contribution in [0.25, 0.3) is 0 Å². The van der Waals surface area contributed by atoms with Gasteiger partial charge in [-0.3, -0.25) is 14.4 Å². The van der Waals surface area contributed by atoms with Crippen LogP contribution in [0.5, 0.6) is 0 Å². The Bertz CT molecular complexity index is 1310. The van der Waals surface area contributed by atoms with Crippen molar-refractivity contribution in [2.75, 3.05) is 13.2 Å². The highest BCUT2D eigenvalue weighted by atomic mass is 16.6. The molecule has 6 heteroatoms. The second kappa shape index (κ2) is 64.9. The summed E-state index contributed by atoms with van der Waals surface area (Å²) < 4.78 is 17.0. The van der Waals surface area contributed by atoms with E-state index in [-0.39, 0.29) is 31.1 Å². The highest BCUT2D eigenvalue weighted by molar-refractivity contribution is 5.71. The Kier molecular flexibility index (Phi) is 62.6. The van der Waals surface area contributed by atoms with Crippen LogP contribution >= 0.6 is 0 Å². The van der Waals surface area contributed by atoms with Gasteiger partial charge in [0.25, 0.3) is 0 Å². The summed E-state index contributed by atoms with van der Waals surface area (Å²) in [7, 11) is 0. The Morgan fingerprint density at radius 2 is 0.513 bits per heavy atom. The fourth-order valence-corrected chi connectivity index (χ4v) is 10.1.